The highest BCUT2D eigenvalue weighted by molar-refractivity contribution is 7.91. The summed E-state index contributed by atoms with van der Waals surface area (Å²) in [6, 6.07) is 0.886. The number of hydrogen-bond donors (Lipinski definition) is 4. The molecule has 10 nitrogen and oxygen atoms in total. The summed E-state index contributed by atoms with van der Waals surface area (Å²) in [5, 5.41) is 28.4. The molecule has 114 valence electrons. The number of aliphatic hydroxyl groups excluding tert-OH is 2. The predicted octanol–water partition coefficient (Wildman–Crippen LogP) is -1.08. The zero-order valence-corrected chi connectivity index (χ0v) is 11.9. The summed E-state index contributed by atoms with van der Waals surface area (Å²) in [7, 11) is -4.04. The molecular weight excluding hydrogens is 312 g/mol. The predicted molar refractivity (Wildman–Crippen MR) is 71.7 cm³/mol. The van der Waals surface area contributed by atoms with Gasteiger partial charge in [-0.1, -0.05) is 11.3 Å². The molecule has 12 heteroatoms. The number of sulfonamides is 1. The first-order valence-electron chi connectivity index (χ1n) is 5.35. The molecule has 0 saturated heterocycles. The molecule has 0 aliphatic rings. The minimum atomic E-state index is -4.04. The number of aliphatic hydroxyl groups is 2. The third kappa shape index (κ3) is 3.41. The molecule has 0 aliphatic carbocycles. The number of rotatable bonds is 8. The number of hydrogen-bond acceptors (Lipinski definition) is 9. The second-order valence-electron chi connectivity index (χ2n) is 3.53. The highest BCUT2D eigenvalue weighted by Gasteiger charge is 2.30. The fourth-order valence-electron chi connectivity index (χ4n) is 1.43. The van der Waals surface area contributed by atoms with Crippen molar-refractivity contribution >= 4 is 32.0 Å². The molecule has 1 aromatic rings. The van der Waals surface area contributed by atoms with Crippen LogP contribution in [0.25, 0.3) is 0 Å². The Bertz CT molecular complexity index is 566. The fraction of sp³-hybridized carbons (Fsp3) is 0.500. The molecule has 0 bridgehead atoms. The van der Waals surface area contributed by atoms with E-state index >= 15 is 0 Å². The van der Waals surface area contributed by atoms with Gasteiger partial charge in [0.2, 0.25) is 0 Å². The van der Waals surface area contributed by atoms with Gasteiger partial charge < -0.3 is 15.6 Å². The summed E-state index contributed by atoms with van der Waals surface area (Å²) in [5.41, 5.74) is 1.61. The average molecular weight is 326 g/mol. The van der Waals surface area contributed by atoms with Crippen LogP contribution in [0, 0.1) is 10.1 Å². The maximum absolute atomic E-state index is 12.2. The molecule has 0 unspecified atom stereocenters. The molecule has 0 atom stereocenters. The van der Waals surface area contributed by atoms with Crippen LogP contribution in [0.5, 0.6) is 0 Å². The van der Waals surface area contributed by atoms with Crippen molar-refractivity contribution < 1.29 is 23.6 Å². The van der Waals surface area contributed by atoms with Crippen molar-refractivity contribution in [1.29, 1.82) is 0 Å². The molecule has 0 saturated carbocycles. The van der Waals surface area contributed by atoms with Crippen LogP contribution in [-0.4, -0.2) is 54.2 Å². The smallest absolute Gasteiger partial charge is 0.306 e. The molecular formula is C8H14N4O6S2. The molecule has 0 spiro atoms. The van der Waals surface area contributed by atoms with Gasteiger partial charge in [-0.2, -0.15) is 4.31 Å². The topological polar surface area (TPSA) is 159 Å². The summed E-state index contributed by atoms with van der Waals surface area (Å²) in [6.07, 6.45) is 0. The van der Waals surface area contributed by atoms with E-state index in [1.165, 1.54) is 0 Å². The third-order valence-corrected chi connectivity index (χ3v) is 5.71. The lowest BCUT2D eigenvalue weighted by Gasteiger charge is -2.18. The van der Waals surface area contributed by atoms with Gasteiger partial charge in [0.05, 0.1) is 18.1 Å². The number of anilines is 1. The van der Waals surface area contributed by atoms with Crippen LogP contribution in [0.4, 0.5) is 10.7 Å². The zero-order valence-electron chi connectivity index (χ0n) is 10.2. The Morgan fingerprint density at radius 1 is 1.40 bits per heavy atom. The minimum Gasteiger partial charge on any atom is -0.395 e. The Hall–Kier alpha value is -1.31. The molecule has 0 fully saturated rings. The van der Waals surface area contributed by atoms with Crippen LogP contribution >= 0.6 is 11.3 Å². The largest absolute Gasteiger partial charge is 0.395 e. The van der Waals surface area contributed by atoms with E-state index in [-0.39, 0.29) is 22.3 Å². The Morgan fingerprint density at radius 2 is 1.95 bits per heavy atom. The summed E-state index contributed by atoms with van der Waals surface area (Å²) in [4.78, 5) is 10.0. The first-order valence-corrected chi connectivity index (χ1v) is 7.60. The number of thiophene rings is 1. The molecule has 20 heavy (non-hydrogen) atoms. The Labute approximate surface area is 118 Å². The van der Waals surface area contributed by atoms with Crippen LogP contribution in [0.1, 0.15) is 0 Å². The number of hydrazine groups is 1. The van der Waals surface area contributed by atoms with Crippen LogP contribution < -0.4 is 11.3 Å². The quantitative estimate of drug-likeness (QED) is 0.266. The van der Waals surface area contributed by atoms with Crippen LogP contribution in [-0.2, 0) is 10.0 Å². The van der Waals surface area contributed by atoms with E-state index in [0.717, 1.165) is 10.4 Å². The summed E-state index contributed by atoms with van der Waals surface area (Å²) in [5.74, 6) is 5.11. The number of nitrogens with two attached hydrogens (primary N) is 1. The van der Waals surface area contributed by atoms with Crippen molar-refractivity contribution in [3.05, 3.63) is 16.2 Å². The van der Waals surface area contributed by atoms with Gasteiger partial charge in [-0.3, -0.25) is 10.1 Å². The Kier molecular flexibility index (Phi) is 5.79. The molecule has 0 aliphatic heterocycles. The SMILES string of the molecule is NNc1sc(S(=O)(=O)N(CCO)CCO)cc1[N+](=O)[O-]. The van der Waals surface area contributed by atoms with Crippen molar-refractivity contribution in [2.75, 3.05) is 31.7 Å². The molecule has 1 rings (SSSR count). The number of nitrogens with one attached hydrogen (secondary N) is 1. The molecule has 5 N–H and O–H groups in total. The molecule has 0 aromatic carbocycles. The second kappa shape index (κ2) is 6.92. The molecule has 1 heterocycles. The van der Waals surface area contributed by atoms with E-state index < -0.39 is 33.8 Å². The minimum absolute atomic E-state index is 0.0958. The number of nitrogen functional groups attached to an aromatic ring is 1. The molecule has 0 amide bonds. The average Bonchev–Trinajstić information content (AvgIpc) is 2.83. The van der Waals surface area contributed by atoms with Gasteiger partial charge in [-0.05, 0) is 0 Å². The normalized spacial score (nSPS) is 11.8. The number of nitro groups is 1. The zero-order chi connectivity index (χ0) is 15.3. The van der Waals surface area contributed by atoms with Gasteiger partial charge in [0.1, 0.15) is 4.21 Å². The first kappa shape index (κ1) is 16.7. The molecule has 0 radical (unpaired) electrons. The summed E-state index contributed by atoms with van der Waals surface area (Å²) < 4.78 is 25.0. The van der Waals surface area contributed by atoms with Crippen LogP contribution in [0.3, 0.4) is 0 Å². The maximum Gasteiger partial charge on any atom is 0.306 e. The van der Waals surface area contributed by atoms with Gasteiger partial charge >= 0.3 is 5.69 Å². The van der Waals surface area contributed by atoms with E-state index in [4.69, 9.17) is 16.1 Å². The van der Waals surface area contributed by atoms with E-state index in [0.29, 0.717) is 11.3 Å². The van der Waals surface area contributed by atoms with Crippen molar-refractivity contribution in [3.8, 4) is 0 Å². The van der Waals surface area contributed by atoms with Gasteiger partial charge in [0, 0.05) is 19.2 Å². The van der Waals surface area contributed by atoms with Crippen molar-refractivity contribution in [2.45, 2.75) is 4.21 Å². The highest BCUT2D eigenvalue weighted by Crippen LogP contribution is 2.37. The monoisotopic (exact) mass is 326 g/mol. The van der Waals surface area contributed by atoms with E-state index in [2.05, 4.69) is 5.43 Å². The van der Waals surface area contributed by atoms with Gasteiger partial charge in [-0.25, -0.2) is 14.3 Å². The van der Waals surface area contributed by atoms with Gasteiger partial charge in [0.15, 0.2) is 5.00 Å². The lowest BCUT2D eigenvalue weighted by molar-refractivity contribution is -0.383. The van der Waals surface area contributed by atoms with Crippen LogP contribution in [0.15, 0.2) is 10.3 Å². The molecule has 1 aromatic heterocycles. The van der Waals surface area contributed by atoms with E-state index in [1.54, 1.807) is 0 Å². The van der Waals surface area contributed by atoms with Crippen LogP contribution in [0.2, 0.25) is 0 Å². The summed E-state index contributed by atoms with van der Waals surface area (Å²) in [6.45, 7) is -1.32. The lowest BCUT2D eigenvalue weighted by Crippen LogP contribution is -2.35. The first-order chi connectivity index (χ1) is 9.38. The Balaban J connectivity index is 3.23. The lowest BCUT2D eigenvalue weighted by atomic mass is 10.5. The maximum atomic E-state index is 12.2. The fourth-order valence-corrected chi connectivity index (χ4v) is 4.24. The van der Waals surface area contributed by atoms with E-state index in [1.807, 2.05) is 0 Å². The third-order valence-electron chi connectivity index (χ3n) is 2.31. The standard InChI is InChI=1S/C8H14N4O6S2/c9-10-8-6(12(15)16)5-7(19-8)20(17,18)11(1-3-13)2-4-14/h5,10,13-14H,1-4,9H2. The summed E-state index contributed by atoms with van der Waals surface area (Å²) >= 11 is 0.604. The van der Waals surface area contributed by atoms with Gasteiger partial charge in [0.25, 0.3) is 10.0 Å². The van der Waals surface area contributed by atoms with Crippen molar-refractivity contribution in [3.63, 3.8) is 0 Å². The van der Waals surface area contributed by atoms with E-state index in [9.17, 15) is 18.5 Å². The number of nitrogens with zero attached hydrogens (tertiary/aromatic N) is 2. The Morgan fingerprint density at radius 3 is 2.30 bits per heavy atom. The van der Waals surface area contributed by atoms with Crippen molar-refractivity contribution in [2.24, 2.45) is 5.84 Å². The van der Waals surface area contributed by atoms with Gasteiger partial charge in [-0.15, -0.1) is 0 Å². The highest BCUT2D eigenvalue weighted by atomic mass is 32.2. The van der Waals surface area contributed by atoms with Crippen molar-refractivity contribution in [1.82, 2.24) is 4.31 Å². The second-order valence-corrected chi connectivity index (χ2v) is 6.75.